The summed E-state index contributed by atoms with van der Waals surface area (Å²) < 4.78 is 20.1. The Morgan fingerprint density at radius 3 is 2.84 bits per heavy atom. The van der Waals surface area contributed by atoms with E-state index < -0.39 is 11.9 Å². The zero-order chi connectivity index (χ0) is 14.1. The number of ether oxygens (including phenoxy) is 4. The molecular weight excluding hydrogens is 248 g/mol. The molecule has 1 atom stereocenters. The monoisotopic (exact) mass is 270 g/mol. The molecule has 0 N–H and O–H groups in total. The highest BCUT2D eigenvalue weighted by atomic mass is 16.7. The van der Waals surface area contributed by atoms with Gasteiger partial charge in [0.25, 0.3) is 0 Å². The molecule has 1 heterocycles. The molecule has 0 aromatic rings. The van der Waals surface area contributed by atoms with Gasteiger partial charge in [-0.2, -0.15) is 0 Å². The van der Waals surface area contributed by atoms with Crippen LogP contribution in [0.25, 0.3) is 0 Å². The van der Waals surface area contributed by atoms with Gasteiger partial charge in [-0.3, -0.25) is 0 Å². The molecule has 0 aliphatic carbocycles. The van der Waals surface area contributed by atoms with Gasteiger partial charge in [0.1, 0.15) is 0 Å². The van der Waals surface area contributed by atoms with Crippen molar-refractivity contribution < 1.29 is 23.7 Å². The summed E-state index contributed by atoms with van der Waals surface area (Å²) >= 11 is 0. The van der Waals surface area contributed by atoms with E-state index in [0.717, 1.165) is 19.3 Å². The van der Waals surface area contributed by atoms with Crippen LogP contribution in [0.15, 0.2) is 24.5 Å². The fraction of sp³-hybridized carbons (Fsp3) is 0.643. The van der Waals surface area contributed by atoms with Crippen LogP contribution in [0.5, 0.6) is 0 Å². The van der Waals surface area contributed by atoms with Crippen LogP contribution in [0.1, 0.15) is 33.1 Å². The topological polar surface area (TPSA) is 54.0 Å². The van der Waals surface area contributed by atoms with Gasteiger partial charge in [0.15, 0.2) is 5.79 Å². The maximum Gasteiger partial charge on any atom is 0.512 e. The minimum atomic E-state index is -0.717. The minimum absolute atomic E-state index is 0.196. The van der Waals surface area contributed by atoms with Gasteiger partial charge in [0.2, 0.25) is 0 Å². The normalized spacial score (nSPS) is 22.2. The molecule has 1 saturated heterocycles. The maximum atomic E-state index is 10.6. The van der Waals surface area contributed by atoms with E-state index in [1.54, 1.807) is 6.08 Å². The number of hydrogen-bond donors (Lipinski definition) is 0. The molecular formula is C14H22O5. The zero-order valence-corrected chi connectivity index (χ0v) is 11.8. The zero-order valence-electron chi connectivity index (χ0n) is 11.8. The second-order valence-corrected chi connectivity index (χ2v) is 4.71. The number of methoxy groups -OCH3 is 1. The number of carbonyl (C=O) groups is 1. The molecule has 1 fully saturated rings. The highest BCUT2D eigenvalue weighted by molar-refractivity contribution is 5.60. The highest BCUT2D eigenvalue weighted by Crippen LogP contribution is 2.25. The van der Waals surface area contributed by atoms with Crippen molar-refractivity contribution in [3.63, 3.8) is 0 Å². The Kier molecular flexibility index (Phi) is 6.59. The van der Waals surface area contributed by atoms with E-state index in [4.69, 9.17) is 9.47 Å². The fourth-order valence-corrected chi connectivity index (χ4v) is 1.73. The molecule has 5 heteroatoms. The third-order valence-corrected chi connectivity index (χ3v) is 2.62. The molecule has 1 rings (SSSR count). The lowest BCUT2D eigenvalue weighted by molar-refractivity contribution is -0.139. The first kappa shape index (κ1) is 15.7. The van der Waals surface area contributed by atoms with Crippen molar-refractivity contribution in [1.29, 1.82) is 0 Å². The van der Waals surface area contributed by atoms with E-state index in [0.29, 0.717) is 6.61 Å². The van der Waals surface area contributed by atoms with Crippen LogP contribution >= 0.6 is 0 Å². The molecule has 0 amide bonds. The second-order valence-electron chi connectivity index (χ2n) is 4.71. The SMILES string of the molecule is COC(=O)O/C=C/C=C/CCCC1COC(C)(C)O1. The summed E-state index contributed by atoms with van der Waals surface area (Å²) in [5.74, 6) is -0.436. The van der Waals surface area contributed by atoms with Gasteiger partial charge < -0.3 is 18.9 Å². The van der Waals surface area contributed by atoms with Crippen molar-refractivity contribution in [2.75, 3.05) is 13.7 Å². The van der Waals surface area contributed by atoms with Gasteiger partial charge >= 0.3 is 6.16 Å². The summed E-state index contributed by atoms with van der Waals surface area (Å²) in [5.41, 5.74) is 0. The summed E-state index contributed by atoms with van der Waals surface area (Å²) in [4.78, 5) is 10.6. The quantitative estimate of drug-likeness (QED) is 0.321. The Bertz CT molecular complexity index is 333. The summed E-state index contributed by atoms with van der Waals surface area (Å²) in [6.07, 6.45) is 9.23. The molecule has 19 heavy (non-hydrogen) atoms. The lowest BCUT2D eigenvalue weighted by atomic mass is 10.1. The molecule has 0 spiro atoms. The van der Waals surface area contributed by atoms with Crippen molar-refractivity contribution in [2.24, 2.45) is 0 Å². The lowest BCUT2D eigenvalue weighted by Gasteiger charge is -2.16. The van der Waals surface area contributed by atoms with Crippen molar-refractivity contribution >= 4 is 6.16 Å². The van der Waals surface area contributed by atoms with E-state index in [1.807, 2.05) is 26.0 Å². The average Bonchev–Trinajstić information content (AvgIpc) is 2.72. The minimum Gasteiger partial charge on any atom is -0.437 e. The molecule has 5 nitrogen and oxygen atoms in total. The maximum absolute atomic E-state index is 10.6. The van der Waals surface area contributed by atoms with Crippen LogP contribution in [0.4, 0.5) is 4.79 Å². The largest absolute Gasteiger partial charge is 0.512 e. The van der Waals surface area contributed by atoms with Gasteiger partial charge in [-0.15, -0.1) is 0 Å². The molecule has 0 radical (unpaired) electrons. The molecule has 1 aliphatic rings. The number of carbonyl (C=O) groups excluding carboxylic acids is 1. The van der Waals surface area contributed by atoms with E-state index >= 15 is 0 Å². The Hall–Kier alpha value is -1.33. The van der Waals surface area contributed by atoms with Gasteiger partial charge in [-0.1, -0.05) is 12.2 Å². The molecule has 0 saturated carbocycles. The Balaban J connectivity index is 2.03. The van der Waals surface area contributed by atoms with Crippen LogP contribution in [0.3, 0.4) is 0 Å². The first-order valence-electron chi connectivity index (χ1n) is 6.41. The van der Waals surface area contributed by atoms with Crippen LogP contribution in [0.2, 0.25) is 0 Å². The molecule has 0 aromatic carbocycles. The van der Waals surface area contributed by atoms with Crippen LogP contribution < -0.4 is 0 Å². The van der Waals surface area contributed by atoms with E-state index in [2.05, 4.69) is 9.47 Å². The molecule has 108 valence electrons. The smallest absolute Gasteiger partial charge is 0.437 e. The van der Waals surface area contributed by atoms with Crippen LogP contribution in [-0.2, 0) is 18.9 Å². The van der Waals surface area contributed by atoms with Gasteiger partial charge in [-0.25, -0.2) is 4.79 Å². The Morgan fingerprint density at radius 2 is 2.21 bits per heavy atom. The third kappa shape index (κ3) is 6.98. The van der Waals surface area contributed by atoms with Crippen LogP contribution in [0, 0.1) is 0 Å². The molecule has 1 aliphatic heterocycles. The summed E-state index contributed by atoms with van der Waals surface area (Å²) in [6.45, 7) is 4.53. The highest BCUT2D eigenvalue weighted by Gasteiger charge is 2.31. The lowest BCUT2D eigenvalue weighted by Crippen LogP contribution is -2.21. The molecule has 1 unspecified atom stereocenters. The van der Waals surface area contributed by atoms with Gasteiger partial charge in [0, 0.05) is 0 Å². The summed E-state index contributed by atoms with van der Waals surface area (Å²) in [5, 5.41) is 0. The van der Waals surface area contributed by atoms with E-state index in [9.17, 15) is 4.79 Å². The van der Waals surface area contributed by atoms with Gasteiger partial charge in [-0.05, 0) is 39.2 Å². The number of allylic oxidation sites excluding steroid dienone is 3. The van der Waals surface area contributed by atoms with E-state index in [1.165, 1.54) is 13.4 Å². The average molecular weight is 270 g/mol. The Morgan fingerprint density at radius 1 is 1.42 bits per heavy atom. The summed E-state index contributed by atoms with van der Waals surface area (Å²) in [7, 11) is 1.27. The van der Waals surface area contributed by atoms with Crippen molar-refractivity contribution in [2.45, 2.75) is 45.0 Å². The first-order valence-corrected chi connectivity index (χ1v) is 6.41. The third-order valence-electron chi connectivity index (χ3n) is 2.62. The van der Waals surface area contributed by atoms with Gasteiger partial charge in [0.05, 0.1) is 26.1 Å². The number of unbranched alkanes of at least 4 members (excludes halogenated alkanes) is 1. The van der Waals surface area contributed by atoms with Crippen LogP contribution in [-0.4, -0.2) is 31.8 Å². The predicted octanol–water partition coefficient (Wildman–Crippen LogP) is 3.16. The molecule has 0 aromatic heterocycles. The fourth-order valence-electron chi connectivity index (χ4n) is 1.73. The standard InChI is InChI=1S/C14H22O5/c1-14(2)18-11-12(19-14)9-7-5-4-6-8-10-17-13(15)16-3/h4,6,8,10,12H,5,7,9,11H2,1-3H3/b6-4+,10-8+. The number of rotatable bonds is 6. The predicted molar refractivity (Wildman–Crippen MR) is 70.5 cm³/mol. The van der Waals surface area contributed by atoms with Crippen molar-refractivity contribution in [3.8, 4) is 0 Å². The Labute approximate surface area is 114 Å². The number of hydrogen-bond acceptors (Lipinski definition) is 5. The molecule has 0 bridgehead atoms. The van der Waals surface area contributed by atoms with E-state index in [-0.39, 0.29) is 6.10 Å². The van der Waals surface area contributed by atoms with Crippen molar-refractivity contribution in [3.05, 3.63) is 24.5 Å². The first-order chi connectivity index (χ1) is 9.03. The van der Waals surface area contributed by atoms with Crippen molar-refractivity contribution in [1.82, 2.24) is 0 Å². The second kappa shape index (κ2) is 7.96. The summed E-state index contributed by atoms with van der Waals surface area (Å²) in [6, 6.07) is 0.